The number of carbonyl (C=O) groups is 2. The quantitative estimate of drug-likeness (QED) is 0.403. The van der Waals surface area contributed by atoms with Gasteiger partial charge in [0.1, 0.15) is 11.7 Å². The summed E-state index contributed by atoms with van der Waals surface area (Å²) in [6.45, 7) is 0.368. The highest BCUT2D eigenvalue weighted by Crippen LogP contribution is 2.37. The van der Waals surface area contributed by atoms with Crippen LogP contribution in [0.3, 0.4) is 0 Å². The van der Waals surface area contributed by atoms with Crippen molar-refractivity contribution in [2.24, 2.45) is 0 Å². The number of carboxylic acid groups (broad SMARTS) is 1. The predicted molar refractivity (Wildman–Crippen MR) is 124 cm³/mol. The summed E-state index contributed by atoms with van der Waals surface area (Å²) in [5.74, 6) is -2.98. The number of aliphatic carboxylic acids is 1. The Balaban J connectivity index is 0.000000355. The fraction of sp³-hybridized carbons (Fsp3) is 0.200. The Morgan fingerprint density at radius 2 is 1.92 bits per heavy atom. The number of alkyl halides is 3. The Labute approximate surface area is 207 Å². The topological polar surface area (TPSA) is 134 Å². The minimum atomic E-state index is -5.08. The van der Waals surface area contributed by atoms with Gasteiger partial charge in [0.2, 0.25) is 0 Å². The first kappa shape index (κ1) is 23.9. The molecule has 3 aromatic heterocycles. The lowest BCUT2D eigenvalue weighted by molar-refractivity contribution is -0.192. The Morgan fingerprint density at radius 3 is 2.65 bits per heavy atom. The Kier molecular flexibility index (Phi) is 5.83. The summed E-state index contributed by atoms with van der Waals surface area (Å²) in [6, 6.07) is 13.7. The van der Waals surface area contributed by atoms with Gasteiger partial charge in [-0.25, -0.2) is 4.79 Å². The van der Waals surface area contributed by atoms with Gasteiger partial charge in [0.05, 0.1) is 29.5 Å². The van der Waals surface area contributed by atoms with Gasteiger partial charge in [0.15, 0.2) is 0 Å². The lowest BCUT2D eigenvalue weighted by Crippen LogP contribution is -2.44. The van der Waals surface area contributed by atoms with E-state index in [1.807, 2.05) is 42.7 Å². The molecule has 0 radical (unpaired) electrons. The number of benzene rings is 1. The lowest BCUT2D eigenvalue weighted by Gasteiger charge is -2.20. The van der Waals surface area contributed by atoms with E-state index in [9.17, 15) is 23.2 Å². The molecule has 4 heterocycles. The van der Waals surface area contributed by atoms with Crippen molar-refractivity contribution < 1.29 is 27.9 Å². The number of amides is 1. The molecule has 0 saturated heterocycles. The summed E-state index contributed by atoms with van der Waals surface area (Å²) in [5.41, 5.74) is 7.17. The highest BCUT2D eigenvalue weighted by Gasteiger charge is 2.38. The van der Waals surface area contributed by atoms with E-state index in [4.69, 9.17) is 15.0 Å². The fourth-order valence-electron chi connectivity index (χ4n) is 4.39. The number of carboxylic acids is 1. The molecule has 0 bridgehead atoms. The molecule has 0 saturated carbocycles. The van der Waals surface area contributed by atoms with Crippen molar-refractivity contribution in [3.8, 4) is 28.6 Å². The van der Waals surface area contributed by atoms with Crippen molar-refractivity contribution in [1.29, 1.82) is 5.26 Å². The Hall–Kier alpha value is -4.79. The third-order valence-electron chi connectivity index (χ3n) is 6.10. The average Bonchev–Trinajstić information content (AvgIpc) is 3.27. The van der Waals surface area contributed by atoms with Crippen LogP contribution in [0.15, 0.2) is 48.8 Å². The van der Waals surface area contributed by atoms with Crippen molar-refractivity contribution in [3.63, 3.8) is 0 Å². The number of nitriles is 1. The minimum Gasteiger partial charge on any atom is -0.475 e. The van der Waals surface area contributed by atoms with Gasteiger partial charge < -0.3 is 10.4 Å². The molecule has 1 aliphatic carbocycles. The largest absolute Gasteiger partial charge is 0.490 e. The number of nitrogens with one attached hydrogen (secondary N) is 1. The zero-order valence-corrected chi connectivity index (χ0v) is 19.0. The number of aromatic nitrogens is 4. The number of halogens is 3. The summed E-state index contributed by atoms with van der Waals surface area (Å²) in [6.07, 6.45) is 0.198. The van der Waals surface area contributed by atoms with Crippen LogP contribution in [0, 0.1) is 11.3 Å². The smallest absolute Gasteiger partial charge is 0.475 e. The first-order valence-corrected chi connectivity index (χ1v) is 11.1. The van der Waals surface area contributed by atoms with E-state index in [2.05, 4.69) is 27.4 Å². The van der Waals surface area contributed by atoms with E-state index >= 15 is 0 Å². The molecule has 9 nitrogen and oxygen atoms in total. The maximum absolute atomic E-state index is 12.6. The molecule has 6 rings (SSSR count). The van der Waals surface area contributed by atoms with E-state index in [1.165, 1.54) is 0 Å². The third kappa shape index (κ3) is 4.47. The summed E-state index contributed by atoms with van der Waals surface area (Å²) in [4.78, 5) is 30.7. The van der Waals surface area contributed by atoms with Gasteiger partial charge in [0, 0.05) is 34.5 Å². The van der Waals surface area contributed by atoms with E-state index in [0.29, 0.717) is 12.2 Å². The normalized spacial score (nSPS) is 15.8. The monoisotopic (exact) mass is 506 g/mol. The first-order valence-electron chi connectivity index (χ1n) is 11.1. The van der Waals surface area contributed by atoms with Crippen LogP contribution in [0.1, 0.15) is 21.6 Å². The summed E-state index contributed by atoms with van der Waals surface area (Å²) in [5, 5.41) is 24.9. The molecule has 1 aliphatic heterocycles. The molecule has 0 spiro atoms. The molecule has 1 unspecified atom stereocenters. The fourth-order valence-corrected chi connectivity index (χ4v) is 4.39. The van der Waals surface area contributed by atoms with Crippen LogP contribution in [0.5, 0.6) is 0 Å². The first-order chi connectivity index (χ1) is 17.7. The number of rotatable bonds is 1. The van der Waals surface area contributed by atoms with E-state index < -0.39 is 18.2 Å². The van der Waals surface area contributed by atoms with Crippen LogP contribution in [0.4, 0.5) is 13.2 Å². The number of aryl methyl sites for hydroxylation is 1. The maximum atomic E-state index is 12.6. The second-order valence-electron chi connectivity index (χ2n) is 8.46. The number of hydrogen-bond donors (Lipinski definition) is 2. The van der Waals surface area contributed by atoms with Gasteiger partial charge in [-0.05, 0) is 36.6 Å². The molecule has 0 fully saturated rings. The molecule has 1 atom stereocenters. The summed E-state index contributed by atoms with van der Waals surface area (Å²) >= 11 is 0. The second kappa shape index (κ2) is 9.02. The Bertz CT molecular complexity index is 1610. The van der Waals surface area contributed by atoms with E-state index in [1.54, 1.807) is 4.68 Å². The molecular weight excluding hydrogens is 489 g/mol. The highest BCUT2D eigenvalue weighted by atomic mass is 19.4. The van der Waals surface area contributed by atoms with E-state index in [0.717, 1.165) is 57.4 Å². The minimum absolute atomic E-state index is 0.224. The molecule has 1 amide bonds. The molecule has 1 aromatic carbocycles. The van der Waals surface area contributed by atoms with Crippen LogP contribution in [-0.2, 0) is 24.2 Å². The second-order valence-corrected chi connectivity index (χ2v) is 8.46. The van der Waals surface area contributed by atoms with Crippen molar-refractivity contribution in [2.45, 2.75) is 31.6 Å². The van der Waals surface area contributed by atoms with Crippen LogP contribution in [0.2, 0.25) is 0 Å². The third-order valence-corrected chi connectivity index (χ3v) is 6.10. The van der Waals surface area contributed by atoms with Crippen molar-refractivity contribution >= 4 is 22.8 Å². The van der Waals surface area contributed by atoms with Crippen molar-refractivity contribution in [1.82, 2.24) is 25.1 Å². The van der Waals surface area contributed by atoms with Crippen molar-refractivity contribution in [2.75, 3.05) is 0 Å². The van der Waals surface area contributed by atoms with Gasteiger partial charge >= 0.3 is 12.1 Å². The standard InChI is InChI=1S/C23H16N6O.C2HF3O2/c24-9-16-12-29-22(23(30)27-16)17-6-5-14-10-26-20(8-18(14)21(17)28-29)15-7-13-3-1-2-4-19(13)25-11-15;3-2(4,5)1(6)7/h1-4,7-8,10-11,16H,5-6,12H2,(H,27,30);(H,6,7). The highest BCUT2D eigenvalue weighted by molar-refractivity contribution is 5.97. The van der Waals surface area contributed by atoms with E-state index in [-0.39, 0.29) is 5.91 Å². The predicted octanol–water partition coefficient (Wildman–Crippen LogP) is 3.53. The average molecular weight is 506 g/mol. The Morgan fingerprint density at radius 1 is 1.16 bits per heavy atom. The van der Waals surface area contributed by atoms with Crippen molar-refractivity contribution in [3.05, 3.63) is 65.6 Å². The molecule has 2 aliphatic rings. The molecular formula is C25H17F3N6O3. The number of nitrogens with zero attached hydrogens (tertiary/aromatic N) is 5. The van der Waals surface area contributed by atoms with Gasteiger partial charge in [-0.3, -0.25) is 19.4 Å². The zero-order chi connectivity index (χ0) is 26.3. The molecule has 37 heavy (non-hydrogen) atoms. The lowest BCUT2D eigenvalue weighted by atomic mass is 9.89. The number of fused-ring (bicyclic) bond motifs is 6. The molecule has 4 aromatic rings. The number of pyridine rings is 2. The number of hydrogen-bond acceptors (Lipinski definition) is 6. The van der Waals surface area contributed by atoms with Gasteiger partial charge in [0.25, 0.3) is 5.91 Å². The number of carbonyl (C=O) groups excluding carboxylic acids is 1. The molecule has 2 N–H and O–H groups in total. The molecule has 186 valence electrons. The van der Waals surface area contributed by atoms with Crippen LogP contribution >= 0.6 is 0 Å². The maximum Gasteiger partial charge on any atom is 0.490 e. The summed E-state index contributed by atoms with van der Waals surface area (Å²) < 4.78 is 33.4. The van der Waals surface area contributed by atoms with Gasteiger partial charge in [-0.1, -0.05) is 18.2 Å². The SMILES string of the molecule is N#CC1Cn2nc3c(c2C(=O)N1)CCc1cnc(-c2cnc4ccccc4c2)cc1-3.O=C(O)C(F)(F)F. The zero-order valence-electron chi connectivity index (χ0n) is 19.0. The van der Waals surface area contributed by atoms with Gasteiger partial charge in [-0.15, -0.1) is 0 Å². The number of para-hydroxylation sites is 1. The van der Waals surface area contributed by atoms with Crippen LogP contribution in [0.25, 0.3) is 33.4 Å². The summed E-state index contributed by atoms with van der Waals surface area (Å²) in [7, 11) is 0. The van der Waals surface area contributed by atoms with Crippen LogP contribution in [-0.4, -0.2) is 48.9 Å². The van der Waals surface area contributed by atoms with Gasteiger partial charge in [-0.2, -0.15) is 23.5 Å². The molecule has 12 heteroatoms. The van der Waals surface area contributed by atoms with Crippen LogP contribution < -0.4 is 5.32 Å².